The topological polar surface area (TPSA) is 41.6 Å². The van der Waals surface area contributed by atoms with Gasteiger partial charge >= 0.3 is 0 Å². The third-order valence-corrected chi connectivity index (χ3v) is 4.58. The zero-order valence-electron chi connectivity index (χ0n) is 15.7. The van der Waals surface area contributed by atoms with Crippen molar-refractivity contribution in [3.8, 4) is 5.75 Å². The maximum absolute atomic E-state index is 12.4. The van der Waals surface area contributed by atoms with E-state index in [4.69, 9.17) is 4.74 Å². The second-order valence-electron chi connectivity index (χ2n) is 7.09. The van der Waals surface area contributed by atoms with Gasteiger partial charge in [-0.1, -0.05) is 12.8 Å². The molecule has 0 radical (unpaired) electrons. The summed E-state index contributed by atoms with van der Waals surface area (Å²) in [6.45, 7) is 6.21. The van der Waals surface area contributed by atoms with E-state index in [9.17, 15) is 4.79 Å². The van der Waals surface area contributed by atoms with Crippen molar-refractivity contribution in [1.82, 2.24) is 0 Å². The highest BCUT2D eigenvalue weighted by Gasteiger charge is 2.11. The molecule has 0 aliphatic carbocycles. The number of amides is 1. The number of nitrogens with one attached hydrogen (secondary N) is 1. The average molecular weight is 352 g/mol. The molecule has 0 bridgehead atoms. The van der Waals surface area contributed by atoms with Crippen molar-refractivity contribution in [2.24, 2.45) is 0 Å². The molecule has 0 spiro atoms. The van der Waals surface area contributed by atoms with Crippen molar-refractivity contribution in [2.45, 2.75) is 45.6 Å². The molecule has 138 valence electrons. The number of nitrogens with zero attached hydrogens (tertiary/aromatic N) is 1. The zero-order chi connectivity index (χ0) is 18.4. The molecule has 3 rings (SSSR count). The van der Waals surface area contributed by atoms with E-state index in [1.165, 1.54) is 31.4 Å². The van der Waals surface area contributed by atoms with Crippen LogP contribution in [0.15, 0.2) is 48.5 Å². The Morgan fingerprint density at radius 1 is 0.923 bits per heavy atom. The van der Waals surface area contributed by atoms with Crippen LogP contribution < -0.4 is 15.0 Å². The molecule has 2 aromatic rings. The fourth-order valence-corrected chi connectivity index (χ4v) is 3.24. The Balaban J connectivity index is 1.60. The Labute approximate surface area is 156 Å². The van der Waals surface area contributed by atoms with Gasteiger partial charge in [-0.15, -0.1) is 0 Å². The third-order valence-electron chi connectivity index (χ3n) is 4.58. The lowest BCUT2D eigenvalue weighted by Crippen LogP contribution is -2.23. The van der Waals surface area contributed by atoms with E-state index in [0.29, 0.717) is 5.56 Å². The van der Waals surface area contributed by atoms with Gasteiger partial charge in [0.05, 0.1) is 6.10 Å². The summed E-state index contributed by atoms with van der Waals surface area (Å²) in [4.78, 5) is 14.9. The summed E-state index contributed by atoms with van der Waals surface area (Å²) in [6.07, 6.45) is 5.29. The van der Waals surface area contributed by atoms with Crippen LogP contribution in [0.1, 0.15) is 49.9 Å². The number of carbonyl (C=O) groups excluding carboxylic acids is 1. The first-order valence-electron chi connectivity index (χ1n) is 9.55. The summed E-state index contributed by atoms with van der Waals surface area (Å²) in [5.41, 5.74) is 2.67. The van der Waals surface area contributed by atoms with E-state index in [-0.39, 0.29) is 12.0 Å². The molecule has 26 heavy (non-hydrogen) atoms. The van der Waals surface area contributed by atoms with Crippen molar-refractivity contribution in [2.75, 3.05) is 23.3 Å². The maximum Gasteiger partial charge on any atom is 0.255 e. The lowest BCUT2D eigenvalue weighted by Gasteiger charge is -2.22. The van der Waals surface area contributed by atoms with Crippen molar-refractivity contribution < 1.29 is 9.53 Å². The van der Waals surface area contributed by atoms with Gasteiger partial charge in [0.25, 0.3) is 5.91 Å². The van der Waals surface area contributed by atoms with Crippen LogP contribution in [0.5, 0.6) is 5.75 Å². The van der Waals surface area contributed by atoms with Gasteiger partial charge in [0.1, 0.15) is 5.75 Å². The monoisotopic (exact) mass is 352 g/mol. The summed E-state index contributed by atoms with van der Waals surface area (Å²) < 4.78 is 5.61. The molecule has 0 atom stereocenters. The van der Waals surface area contributed by atoms with Gasteiger partial charge in [0.15, 0.2) is 0 Å². The Morgan fingerprint density at radius 2 is 1.54 bits per heavy atom. The van der Waals surface area contributed by atoms with Crippen LogP contribution >= 0.6 is 0 Å². The summed E-state index contributed by atoms with van der Waals surface area (Å²) >= 11 is 0. The molecule has 0 unspecified atom stereocenters. The van der Waals surface area contributed by atoms with Crippen molar-refractivity contribution >= 4 is 17.3 Å². The van der Waals surface area contributed by atoms with Crippen molar-refractivity contribution in [3.05, 3.63) is 54.1 Å². The Kier molecular flexibility index (Phi) is 6.16. The molecular formula is C22H28N2O2. The summed E-state index contributed by atoms with van der Waals surface area (Å²) in [6, 6.07) is 15.4. The molecule has 1 aliphatic heterocycles. The molecule has 2 aromatic carbocycles. The van der Waals surface area contributed by atoms with Crippen LogP contribution in [0.25, 0.3) is 0 Å². The fraction of sp³-hybridized carbons (Fsp3) is 0.409. The minimum Gasteiger partial charge on any atom is -0.491 e. The number of benzene rings is 2. The lowest BCUT2D eigenvalue weighted by atomic mass is 10.2. The highest BCUT2D eigenvalue weighted by molar-refractivity contribution is 6.04. The smallest absolute Gasteiger partial charge is 0.255 e. The fourth-order valence-electron chi connectivity index (χ4n) is 3.24. The van der Waals surface area contributed by atoms with Gasteiger partial charge in [-0.2, -0.15) is 0 Å². The number of rotatable bonds is 5. The van der Waals surface area contributed by atoms with E-state index in [0.717, 1.165) is 24.5 Å². The van der Waals surface area contributed by atoms with Gasteiger partial charge in [-0.05, 0) is 75.2 Å². The van der Waals surface area contributed by atoms with Crippen LogP contribution in [0.4, 0.5) is 11.4 Å². The number of anilines is 2. The third kappa shape index (κ3) is 5.01. The van der Waals surface area contributed by atoms with Gasteiger partial charge in [-0.25, -0.2) is 0 Å². The van der Waals surface area contributed by atoms with E-state index in [1.54, 1.807) is 12.1 Å². The number of carbonyl (C=O) groups is 1. The molecule has 1 N–H and O–H groups in total. The number of hydrogen-bond acceptors (Lipinski definition) is 3. The molecular weight excluding hydrogens is 324 g/mol. The molecule has 4 heteroatoms. The SMILES string of the molecule is CC(C)Oc1ccc(C(=O)Nc2ccc(N3CCCCCC3)cc2)cc1. The van der Waals surface area contributed by atoms with Crippen molar-refractivity contribution in [3.63, 3.8) is 0 Å². The van der Waals surface area contributed by atoms with Crippen LogP contribution in [0, 0.1) is 0 Å². The molecule has 1 aliphatic rings. The Bertz CT molecular complexity index is 700. The summed E-state index contributed by atoms with van der Waals surface area (Å²) in [5, 5.41) is 2.96. The quantitative estimate of drug-likeness (QED) is 0.813. The molecule has 1 saturated heterocycles. The van der Waals surface area contributed by atoms with E-state index in [1.807, 2.05) is 38.1 Å². The highest BCUT2D eigenvalue weighted by atomic mass is 16.5. The predicted molar refractivity (Wildman–Crippen MR) is 107 cm³/mol. The van der Waals surface area contributed by atoms with Gasteiger partial charge < -0.3 is 15.0 Å². The largest absolute Gasteiger partial charge is 0.491 e. The minimum atomic E-state index is -0.108. The molecule has 1 amide bonds. The Morgan fingerprint density at radius 3 is 2.12 bits per heavy atom. The number of ether oxygens (including phenoxy) is 1. The normalized spacial score (nSPS) is 14.8. The van der Waals surface area contributed by atoms with Crippen LogP contribution in [0.2, 0.25) is 0 Å². The average Bonchev–Trinajstić information content (AvgIpc) is 2.92. The molecule has 0 aromatic heterocycles. The molecule has 4 nitrogen and oxygen atoms in total. The first-order chi connectivity index (χ1) is 12.6. The molecule has 1 fully saturated rings. The van der Waals surface area contributed by atoms with Crippen molar-refractivity contribution in [1.29, 1.82) is 0 Å². The minimum absolute atomic E-state index is 0.108. The summed E-state index contributed by atoms with van der Waals surface area (Å²) in [7, 11) is 0. The second kappa shape index (κ2) is 8.75. The first-order valence-corrected chi connectivity index (χ1v) is 9.55. The van der Waals surface area contributed by atoms with Gasteiger partial charge in [0, 0.05) is 30.0 Å². The predicted octanol–water partition coefficient (Wildman–Crippen LogP) is 5.11. The lowest BCUT2D eigenvalue weighted by molar-refractivity contribution is 0.102. The second-order valence-corrected chi connectivity index (χ2v) is 7.09. The standard InChI is InChI=1S/C22H28N2O2/c1-17(2)26-21-13-7-18(8-14-21)22(25)23-19-9-11-20(12-10-19)24-15-5-3-4-6-16-24/h7-14,17H,3-6,15-16H2,1-2H3,(H,23,25). The Hall–Kier alpha value is -2.49. The maximum atomic E-state index is 12.4. The zero-order valence-corrected chi connectivity index (χ0v) is 15.7. The van der Waals surface area contributed by atoms with E-state index in [2.05, 4.69) is 22.3 Å². The van der Waals surface area contributed by atoms with Crippen LogP contribution in [-0.2, 0) is 0 Å². The summed E-state index contributed by atoms with van der Waals surface area (Å²) in [5.74, 6) is 0.668. The van der Waals surface area contributed by atoms with Gasteiger partial charge in [0.2, 0.25) is 0 Å². The van der Waals surface area contributed by atoms with E-state index < -0.39 is 0 Å². The number of hydrogen-bond donors (Lipinski definition) is 1. The van der Waals surface area contributed by atoms with E-state index >= 15 is 0 Å². The van der Waals surface area contributed by atoms with Crippen LogP contribution in [-0.4, -0.2) is 25.1 Å². The first kappa shape index (κ1) is 18.3. The van der Waals surface area contributed by atoms with Crippen LogP contribution in [0.3, 0.4) is 0 Å². The molecule has 1 heterocycles. The van der Waals surface area contributed by atoms with Gasteiger partial charge in [-0.3, -0.25) is 4.79 Å². The highest BCUT2D eigenvalue weighted by Crippen LogP contribution is 2.22. The molecule has 0 saturated carbocycles.